The second-order valence-electron chi connectivity index (χ2n) is 6.56. The Morgan fingerprint density at radius 1 is 1.22 bits per heavy atom. The number of hydrogen-bond acceptors (Lipinski definition) is 3. The number of carbonyl (C=O) groups is 1. The number of rotatable bonds is 8. The largest absolute Gasteiger partial charge is 0.389 e. The maximum absolute atomic E-state index is 12.2. The van der Waals surface area contributed by atoms with E-state index in [2.05, 4.69) is 12.2 Å². The number of hydrogen-bond donors (Lipinski definition) is 2. The Morgan fingerprint density at radius 3 is 2.61 bits per heavy atom. The van der Waals surface area contributed by atoms with E-state index in [0.717, 1.165) is 56.3 Å². The molecule has 1 amide bonds. The number of amides is 1. The molecule has 0 bridgehead atoms. The summed E-state index contributed by atoms with van der Waals surface area (Å²) in [6.45, 7) is 3.89. The van der Waals surface area contributed by atoms with Gasteiger partial charge in [-0.1, -0.05) is 50.5 Å². The van der Waals surface area contributed by atoms with E-state index in [-0.39, 0.29) is 12.3 Å². The van der Waals surface area contributed by atoms with Crippen molar-refractivity contribution in [3.63, 3.8) is 0 Å². The Balaban J connectivity index is 1.83. The highest BCUT2D eigenvalue weighted by Crippen LogP contribution is 2.30. The minimum atomic E-state index is -0.800. The number of aliphatic hydroxyl groups is 1. The Kier molecular flexibility index (Phi) is 7.06. The molecule has 0 aliphatic heterocycles. The van der Waals surface area contributed by atoms with Gasteiger partial charge in [0.2, 0.25) is 5.91 Å². The minimum Gasteiger partial charge on any atom is -0.389 e. The average molecular weight is 319 g/mol. The van der Waals surface area contributed by atoms with Crippen LogP contribution in [-0.2, 0) is 22.7 Å². The van der Waals surface area contributed by atoms with Gasteiger partial charge < -0.3 is 15.2 Å². The molecule has 2 N–H and O–H groups in total. The van der Waals surface area contributed by atoms with Crippen molar-refractivity contribution in [1.29, 1.82) is 0 Å². The smallest absolute Gasteiger partial charge is 0.223 e. The lowest BCUT2D eigenvalue weighted by atomic mass is 9.82. The van der Waals surface area contributed by atoms with Crippen molar-refractivity contribution in [2.75, 3.05) is 6.61 Å². The third-order valence-electron chi connectivity index (χ3n) is 4.47. The van der Waals surface area contributed by atoms with Gasteiger partial charge in [0.15, 0.2) is 0 Å². The molecule has 0 heterocycles. The first-order chi connectivity index (χ1) is 11.1. The fourth-order valence-corrected chi connectivity index (χ4v) is 3.14. The van der Waals surface area contributed by atoms with E-state index in [1.54, 1.807) is 0 Å². The van der Waals surface area contributed by atoms with Crippen LogP contribution in [0, 0.1) is 0 Å². The van der Waals surface area contributed by atoms with Crippen LogP contribution in [0.4, 0.5) is 0 Å². The molecular formula is C19H29NO3. The predicted molar refractivity (Wildman–Crippen MR) is 90.9 cm³/mol. The molecule has 128 valence electrons. The Bertz CT molecular complexity index is 495. The van der Waals surface area contributed by atoms with E-state index in [9.17, 15) is 9.90 Å². The van der Waals surface area contributed by atoms with Crippen molar-refractivity contribution in [2.24, 2.45) is 0 Å². The summed E-state index contributed by atoms with van der Waals surface area (Å²) in [7, 11) is 0. The van der Waals surface area contributed by atoms with Gasteiger partial charge in [-0.15, -0.1) is 0 Å². The van der Waals surface area contributed by atoms with Gasteiger partial charge in [-0.05, 0) is 30.4 Å². The Hall–Kier alpha value is -1.39. The molecule has 0 spiro atoms. The van der Waals surface area contributed by atoms with Crippen LogP contribution < -0.4 is 5.32 Å². The second-order valence-corrected chi connectivity index (χ2v) is 6.56. The number of nitrogens with one attached hydrogen (secondary N) is 1. The van der Waals surface area contributed by atoms with Crippen molar-refractivity contribution >= 4 is 5.91 Å². The summed E-state index contributed by atoms with van der Waals surface area (Å²) in [6.07, 6.45) is 5.88. The molecule has 2 rings (SSSR count). The maximum Gasteiger partial charge on any atom is 0.223 e. The second kappa shape index (κ2) is 9.04. The van der Waals surface area contributed by atoms with E-state index >= 15 is 0 Å². The van der Waals surface area contributed by atoms with Gasteiger partial charge in [-0.2, -0.15) is 0 Å². The number of benzene rings is 1. The van der Waals surface area contributed by atoms with Gasteiger partial charge in [0.25, 0.3) is 0 Å². The zero-order valence-corrected chi connectivity index (χ0v) is 14.1. The zero-order valence-electron chi connectivity index (χ0n) is 14.1. The minimum absolute atomic E-state index is 0.0707. The zero-order chi connectivity index (χ0) is 16.5. The lowest BCUT2D eigenvalue weighted by Gasteiger charge is -2.31. The van der Waals surface area contributed by atoms with E-state index in [0.29, 0.717) is 13.2 Å². The van der Waals surface area contributed by atoms with Crippen molar-refractivity contribution < 1.29 is 14.6 Å². The molecule has 0 aromatic heterocycles. The third-order valence-corrected chi connectivity index (χ3v) is 4.47. The van der Waals surface area contributed by atoms with Crippen LogP contribution in [0.15, 0.2) is 24.3 Å². The first kappa shape index (κ1) is 18.0. The molecule has 1 aliphatic rings. The van der Waals surface area contributed by atoms with Crippen LogP contribution >= 0.6 is 0 Å². The van der Waals surface area contributed by atoms with Crippen LogP contribution in [0.5, 0.6) is 0 Å². The van der Waals surface area contributed by atoms with Crippen molar-refractivity contribution in [3.05, 3.63) is 35.4 Å². The van der Waals surface area contributed by atoms with Crippen LogP contribution in [0.1, 0.15) is 63.0 Å². The van der Waals surface area contributed by atoms with Gasteiger partial charge in [0.1, 0.15) is 0 Å². The van der Waals surface area contributed by atoms with Gasteiger partial charge in [0.05, 0.1) is 18.6 Å². The van der Waals surface area contributed by atoms with Gasteiger partial charge in [-0.25, -0.2) is 0 Å². The van der Waals surface area contributed by atoms with Crippen molar-refractivity contribution in [2.45, 2.75) is 70.6 Å². The average Bonchev–Trinajstić information content (AvgIpc) is 2.54. The van der Waals surface area contributed by atoms with E-state index in [1.165, 1.54) is 0 Å². The number of carbonyl (C=O) groups excluding carboxylic acids is 1. The topological polar surface area (TPSA) is 58.6 Å². The highest BCUT2D eigenvalue weighted by molar-refractivity contribution is 5.77. The summed E-state index contributed by atoms with van der Waals surface area (Å²) in [6, 6.07) is 8.01. The van der Waals surface area contributed by atoms with E-state index in [1.807, 2.05) is 24.3 Å². The summed E-state index contributed by atoms with van der Waals surface area (Å²) < 4.78 is 5.60. The van der Waals surface area contributed by atoms with E-state index < -0.39 is 5.60 Å². The van der Waals surface area contributed by atoms with E-state index in [4.69, 9.17) is 4.74 Å². The summed E-state index contributed by atoms with van der Waals surface area (Å²) in [5.74, 6) is -0.0707. The number of ether oxygens (including phenoxy) is 1. The van der Waals surface area contributed by atoms with Gasteiger partial charge in [0, 0.05) is 13.2 Å². The molecule has 23 heavy (non-hydrogen) atoms. The molecule has 4 heteroatoms. The molecule has 1 aromatic rings. The van der Waals surface area contributed by atoms with Crippen LogP contribution in [-0.4, -0.2) is 23.2 Å². The molecule has 1 saturated carbocycles. The molecule has 1 fully saturated rings. The summed E-state index contributed by atoms with van der Waals surface area (Å²) in [5, 5.41) is 13.4. The SMILES string of the molecule is CCCOCc1ccccc1CNC(=O)CC1(O)CCCCC1. The summed E-state index contributed by atoms with van der Waals surface area (Å²) in [4.78, 5) is 12.2. The first-order valence-corrected chi connectivity index (χ1v) is 8.76. The Labute approximate surface area is 139 Å². The van der Waals surface area contributed by atoms with Crippen molar-refractivity contribution in [3.8, 4) is 0 Å². The van der Waals surface area contributed by atoms with Crippen LogP contribution in [0.2, 0.25) is 0 Å². The molecule has 1 aliphatic carbocycles. The molecule has 0 atom stereocenters. The van der Waals surface area contributed by atoms with Crippen molar-refractivity contribution in [1.82, 2.24) is 5.32 Å². The predicted octanol–water partition coefficient (Wildman–Crippen LogP) is 3.31. The summed E-state index contributed by atoms with van der Waals surface area (Å²) >= 11 is 0. The molecular weight excluding hydrogens is 290 g/mol. The Morgan fingerprint density at radius 2 is 1.91 bits per heavy atom. The lowest BCUT2D eigenvalue weighted by Crippen LogP contribution is -2.38. The third kappa shape index (κ3) is 5.96. The molecule has 0 radical (unpaired) electrons. The standard InChI is InChI=1S/C19H29NO3/c1-2-12-23-15-17-9-5-4-8-16(17)14-20-18(21)13-19(22)10-6-3-7-11-19/h4-5,8-9,22H,2-3,6-7,10-15H2,1H3,(H,20,21). The fraction of sp³-hybridized carbons (Fsp3) is 0.632. The maximum atomic E-state index is 12.2. The van der Waals surface area contributed by atoms with Gasteiger partial charge >= 0.3 is 0 Å². The molecule has 0 unspecified atom stereocenters. The monoisotopic (exact) mass is 319 g/mol. The first-order valence-electron chi connectivity index (χ1n) is 8.76. The molecule has 4 nitrogen and oxygen atoms in total. The lowest BCUT2D eigenvalue weighted by molar-refractivity contribution is -0.127. The molecule has 0 saturated heterocycles. The van der Waals surface area contributed by atoms with Gasteiger partial charge in [-0.3, -0.25) is 4.79 Å². The summed E-state index contributed by atoms with van der Waals surface area (Å²) in [5.41, 5.74) is 1.39. The quantitative estimate of drug-likeness (QED) is 0.723. The fourth-order valence-electron chi connectivity index (χ4n) is 3.14. The highest BCUT2D eigenvalue weighted by atomic mass is 16.5. The van der Waals surface area contributed by atoms with Crippen LogP contribution in [0.3, 0.4) is 0 Å². The van der Waals surface area contributed by atoms with Crippen LogP contribution in [0.25, 0.3) is 0 Å². The highest BCUT2D eigenvalue weighted by Gasteiger charge is 2.31. The normalized spacial score (nSPS) is 17.0. The molecule has 1 aromatic carbocycles.